The van der Waals surface area contributed by atoms with Gasteiger partial charge >= 0.3 is 0 Å². The van der Waals surface area contributed by atoms with Gasteiger partial charge in [-0.25, -0.2) is 9.97 Å². The molecule has 0 bridgehead atoms. The summed E-state index contributed by atoms with van der Waals surface area (Å²) in [5.41, 5.74) is 2.27. The van der Waals surface area contributed by atoms with E-state index in [1.807, 2.05) is 16.7 Å². The van der Waals surface area contributed by atoms with Crippen molar-refractivity contribution >= 4 is 23.2 Å². The molecule has 1 N–H and O–H groups in total. The van der Waals surface area contributed by atoms with E-state index in [9.17, 15) is 9.59 Å². The molecule has 0 spiro atoms. The highest BCUT2D eigenvalue weighted by molar-refractivity contribution is 7.09. The lowest BCUT2D eigenvalue weighted by molar-refractivity contribution is -0.133. The number of H-pyrrole nitrogens is 1. The van der Waals surface area contributed by atoms with Gasteiger partial charge in [-0.2, -0.15) is 0 Å². The van der Waals surface area contributed by atoms with Gasteiger partial charge in [-0.1, -0.05) is 6.92 Å². The van der Waals surface area contributed by atoms with Gasteiger partial charge in [0.15, 0.2) is 0 Å². The van der Waals surface area contributed by atoms with Gasteiger partial charge in [-0.05, 0) is 19.8 Å². The molecule has 4 rings (SSSR count). The van der Waals surface area contributed by atoms with Gasteiger partial charge in [0, 0.05) is 68.9 Å². The highest BCUT2D eigenvalue weighted by Crippen LogP contribution is 2.15. The van der Waals surface area contributed by atoms with E-state index in [1.165, 1.54) is 5.01 Å². The van der Waals surface area contributed by atoms with E-state index in [0.717, 1.165) is 31.7 Å². The van der Waals surface area contributed by atoms with Crippen molar-refractivity contribution in [2.75, 3.05) is 57.4 Å². The maximum absolute atomic E-state index is 12.8. The zero-order chi connectivity index (χ0) is 22.5. The summed E-state index contributed by atoms with van der Waals surface area (Å²) in [4.78, 5) is 43.8. The monoisotopic (exact) mass is 460 g/mol. The van der Waals surface area contributed by atoms with Crippen LogP contribution < -0.4 is 10.5 Å². The number of nitrogens with zero attached hydrogens (tertiary/aromatic N) is 5. The molecule has 4 heterocycles. The summed E-state index contributed by atoms with van der Waals surface area (Å²) >= 11 is 1.72. The Morgan fingerprint density at radius 1 is 1.16 bits per heavy atom. The van der Waals surface area contributed by atoms with E-state index in [-0.39, 0.29) is 11.5 Å². The molecule has 0 aromatic carbocycles. The maximum atomic E-state index is 12.8. The zero-order valence-corrected chi connectivity index (χ0v) is 19.7. The van der Waals surface area contributed by atoms with Crippen molar-refractivity contribution in [1.82, 2.24) is 24.8 Å². The number of nitrogens with one attached hydrogen (secondary N) is 1. The fourth-order valence-corrected chi connectivity index (χ4v) is 4.91. The Labute approximate surface area is 192 Å². The standard InChI is InChI=1S/C22H32N6O3S/c1-3-19-24-17(15-32-19)14-26-6-8-27(9-7-26)20(29)5-4-18-16(2)23-22(25-21(18)30)28-10-12-31-13-11-28/h15H,3-14H2,1-2H3,(H,23,25,30). The molecule has 1 amide bonds. The van der Waals surface area contributed by atoms with Gasteiger partial charge in [0.1, 0.15) is 0 Å². The molecule has 2 aromatic rings. The summed E-state index contributed by atoms with van der Waals surface area (Å²) in [6.45, 7) is 10.6. The first-order chi connectivity index (χ1) is 15.5. The number of aryl methyl sites for hydroxylation is 2. The van der Waals surface area contributed by atoms with Crippen molar-refractivity contribution in [2.45, 2.75) is 39.7 Å². The molecule has 9 nitrogen and oxygen atoms in total. The molecule has 0 atom stereocenters. The molecule has 2 aromatic heterocycles. The minimum Gasteiger partial charge on any atom is -0.378 e. The lowest BCUT2D eigenvalue weighted by atomic mass is 10.1. The topological polar surface area (TPSA) is 94.7 Å². The number of aromatic amines is 1. The molecule has 32 heavy (non-hydrogen) atoms. The van der Waals surface area contributed by atoms with Crippen LogP contribution in [0.3, 0.4) is 0 Å². The molecule has 10 heteroatoms. The second-order valence-corrected chi connectivity index (χ2v) is 9.24. The molecular weight excluding hydrogens is 428 g/mol. The number of aromatic nitrogens is 3. The number of amides is 1. The second kappa shape index (κ2) is 10.5. The van der Waals surface area contributed by atoms with Crippen LogP contribution in [0.5, 0.6) is 0 Å². The Kier molecular flexibility index (Phi) is 7.54. The van der Waals surface area contributed by atoms with Crippen LogP contribution in [0.2, 0.25) is 0 Å². The molecule has 2 saturated heterocycles. The van der Waals surface area contributed by atoms with Crippen LogP contribution in [0.25, 0.3) is 0 Å². The number of carbonyl (C=O) groups excluding carboxylic acids is 1. The summed E-state index contributed by atoms with van der Waals surface area (Å²) in [7, 11) is 0. The van der Waals surface area contributed by atoms with Crippen LogP contribution in [0.4, 0.5) is 5.95 Å². The van der Waals surface area contributed by atoms with E-state index in [0.29, 0.717) is 69.4 Å². The van der Waals surface area contributed by atoms with E-state index >= 15 is 0 Å². The number of morpholine rings is 1. The number of thiazole rings is 1. The number of anilines is 1. The van der Waals surface area contributed by atoms with Gasteiger partial charge in [0.05, 0.1) is 23.9 Å². The van der Waals surface area contributed by atoms with Gasteiger partial charge in [0.25, 0.3) is 5.56 Å². The van der Waals surface area contributed by atoms with Crippen molar-refractivity contribution < 1.29 is 9.53 Å². The van der Waals surface area contributed by atoms with Crippen molar-refractivity contribution in [3.63, 3.8) is 0 Å². The number of hydrogen-bond acceptors (Lipinski definition) is 8. The first-order valence-electron chi connectivity index (χ1n) is 11.4. The predicted molar refractivity (Wildman–Crippen MR) is 124 cm³/mol. The van der Waals surface area contributed by atoms with E-state index in [1.54, 1.807) is 11.3 Å². The second-order valence-electron chi connectivity index (χ2n) is 8.30. The number of rotatable bonds is 7. The molecule has 2 aliphatic rings. The van der Waals surface area contributed by atoms with Crippen LogP contribution in [0.15, 0.2) is 10.2 Å². The van der Waals surface area contributed by atoms with Gasteiger partial charge < -0.3 is 14.5 Å². The summed E-state index contributed by atoms with van der Waals surface area (Å²) < 4.78 is 5.36. The summed E-state index contributed by atoms with van der Waals surface area (Å²) in [6.07, 6.45) is 1.71. The maximum Gasteiger partial charge on any atom is 0.255 e. The Morgan fingerprint density at radius 3 is 2.56 bits per heavy atom. The van der Waals surface area contributed by atoms with Crippen LogP contribution in [0, 0.1) is 6.92 Å². The molecule has 174 valence electrons. The van der Waals surface area contributed by atoms with E-state index < -0.39 is 0 Å². The number of piperazine rings is 1. The Balaban J connectivity index is 1.27. The van der Waals surface area contributed by atoms with E-state index in [4.69, 9.17) is 4.74 Å². The van der Waals surface area contributed by atoms with Crippen molar-refractivity contribution in [3.05, 3.63) is 37.7 Å². The fourth-order valence-electron chi connectivity index (χ4n) is 4.17. The van der Waals surface area contributed by atoms with Crippen LogP contribution in [0.1, 0.15) is 35.3 Å². The van der Waals surface area contributed by atoms with Crippen molar-refractivity contribution in [1.29, 1.82) is 0 Å². The minimum atomic E-state index is -0.147. The number of carbonyl (C=O) groups is 1. The Hall–Kier alpha value is -2.30. The number of ether oxygens (including phenoxy) is 1. The normalized spacial score (nSPS) is 17.7. The lowest BCUT2D eigenvalue weighted by Gasteiger charge is -2.34. The SMILES string of the molecule is CCc1nc(CN2CCN(C(=O)CCc3c(C)nc(N4CCOCC4)[nH]c3=O)CC2)cs1. The molecular formula is C22H32N6O3S. The minimum absolute atomic E-state index is 0.0997. The number of hydrogen-bond donors (Lipinski definition) is 1. The first kappa shape index (κ1) is 22.9. The molecule has 2 aliphatic heterocycles. The zero-order valence-electron chi connectivity index (χ0n) is 18.9. The Bertz CT molecular complexity index is 976. The average molecular weight is 461 g/mol. The predicted octanol–water partition coefficient (Wildman–Crippen LogP) is 1.21. The van der Waals surface area contributed by atoms with Crippen molar-refractivity contribution in [3.8, 4) is 0 Å². The van der Waals surface area contributed by atoms with Crippen LogP contribution in [-0.4, -0.2) is 83.1 Å². The van der Waals surface area contributed by atoms with Gasteiger partial charge in [-0.3, -0.25) is 19.5 Å². The first-order valence-corrected chi connectivity index (χ1v) is 12.3. The largest absolute Gasteiger partial charge is 0.378 e. The summed E-state index contributed by atoms with van der Waals surface area (Å²) in [5.74, 6) is 0.691. The van der Waals surface area contributed by atoms with Gasteiger partial charge in [0.2, 0.25) is 11.9 Å². The summed E-state index contributed by atoms with van der Waals surface area (Å²) in [6, 6.07) is 0. The highest BCUT2D eigenvalue weighted by atomic mass is 32.1. The van der Waals surface area contributed by atoms with E-state index in [2.05, 4.69) is 32.2 Å². The molecule has 0 radical (unpaired) electrons. The molecule has 0 unspecified atom stereocenters. The molecule has 0 saturated carbocycles. The summed E-state index contributed by atoms with van der Waals surface area (Å²) in [5, 5.41) is 3.31. The lowest BCUT2D eigenvalue weighted by Crippen LogP contribution is -2.48. The highest BCUT2D eigenvalue weighted by Gasteiger charge is 2.23. The third-order valence-electron chi connectivity index (χ3n) is 6.12. The average Bonchev–Trinajstić information content (AvgIpc) is 3.27. The fraction of sp³-hybridized carbons (Fsp3) is 0.636. The Morgan fingerprint density at radius 2 is 1.91 bits per heavy atom. The van der Waals surface area contributed by atoms with Gasteiger partial charge in [-0.15, -0.1) is 11.3 Å². The molecule has 0 aliphatic carbocycles. The molecule has 2 fully saturated rings. The van der Waals surface area contributed by atoms with Crippen LogP contribution >= 0.6 is 11.3 Å². The quantitative estimate of drug-likeness (QED) is 0.664. The third-order valence-corrected chi connectivity index (χ3v) is 7.16. The van der Waals surface area contributed by atoms with Crippen LogP contribution in [-0.2, 0) is 28.9 Å². The third kappa shape index (κ3) is 5.54. The van der Waals surface area contributed by atoms with Crippen molar-refractivity contribution in [2.24, 2.45) is 0 Å². The smallest absolute Gasteiger partial charge is 0.255 e.